The van der Waals surface area contributed by atoms with E-state index in [0.717, 1.165) is 0 Å². The molecule has 1 aromatic rings. The number of carbonyl (C=O) groups excluding carboxylic acids is 3. The van der Waals surface area contributed by atoms with Gasteiger partial charge in [-0.25, -0.2) is 0 Å². The van der Waals surface area contributed by atoms with Gasteiger partial charge in [-0.3, -0.25) is 14.4 Å². The van der Waals surface area contributed by atoms with E-state index >= 15 is 0 Å². The first-order valence-corrected chi connectivity index (χ1v) is 13.3. The Morgan fingerprint density at radius 3 is 2.62 bits per heavy atom. The van der Waals surface area contributed by atoms with E-state index in [4.69, 9.17) is 14.6 Å². The quantitative estimate of drug-likeness (QED) is 0.120. The Kier molecular flexibility index (Phi) is 12.7. The number of aliphatic hydroxyl groups excluding tert-OH is 2. The number of amides is 2. The molecule has 0 fully saturated rings. The Hall–Kier alpha value is -2.65. The summed E-state index contributed by atoms with van der Waals surface area (Å²) in [6.45, 7) is 1.48. The van der Waals surface area contributed by atoms with Crippen molar-refractivity contribution in [3.05, 3.63) is 45.6 Å². The molecule has 39 heavy (non-hydrogen) atoms. The van der Waals surface area contributed by atoms with Gasteiger partial charge in [-0.15, -0.1) is 6.58 Å². The van der Waals surface area contributed by atoms with Crippen molar-refractivity contribution < 1.29 is 47.2 Å². The number of hydrogen-bond acceptors (Lipinski definition) is 7. The molecular formula is C26H32F3IN2O7. The zero-order valence-electron chi connectivity index (χ0n) is 21.4. The van der Waals surface area contributed by atoms with Crippen LogP contribution in [0.4, 0.5) is 13.2 Å². The lowest BCUT2D eigenvalue weighted by molar-refractivity contribution is -0.172. The summed E-state index contributed by atoms with van der Waals surface area (Å²) in [6.07, 6.45) is -3.35. The Bertz CT molecular complexity index is 1060. The summed E-state index contributed by atoms with van der Waals surface area (Å²) in [5, 5.41) is 22.7. The average molecular weight is 668 g/mol. The van der Waals surface area contributed by atoms with Gasteiger partial charge in [0.2, 0.25) is 11.8 Å². The van der Waals surface area contributed by atoms with Gasteiger partial charge in [-0.05, 0) is 60.1 Å². The van der Waals surface area contributed by atoms with Gasteiger partial charge >= 0.3 is 6.18 Å². The van der Waals surface area contributed by atoms with Gasteiger partial charge in [0, 0.05) is 30.5 Å². The fraction of sp³-hybridized carbons (Fsp3) is 0.500. The third-order valence-electron chi connectivity index (χ3n) is 5.98. The molecule has 0 aromatic heterocycles. The van der Waals surface area contributed by atoms with Crippen LogP contribution in [-0.4, -0.2) is 84.4 Å². The van der Waals surface area contributed by atoms with E-state index < -0.39 is 42.8 Å². The third-order valence-corrected chi connectivity index (χ3v) is 6.78. The van der Waals surface area contributed by atoms with Crippen LogP contribution in [-0.2, 0) is 9.59 Å². The number of methoxy groups -OCH3 is 1. The van der Waals surface area contributed by atoms with Crippen LogP contribution in [0.25, 0.3) is 0 Å². The number of ether oxygens (including phenoxy) is 2. The molecule has 1 aliphatic rings. The maximum atomic E-state index is 13.6. The highest BCUT2D eigenvalue weighted by atomic mass is 127. The number of alkyl halides is 3. The van der Waals surface area contributed by atoms with E-state index in [-0.39, 0.29) is 48.6 Å². The summed E-state index contributed by atoms with van der Waals surface area (Å²) in [4.78, 5) is 37.6. The molecule has 2 amide bonds. The Morgan fingerprint density at radius 2 is 2.03 bits per heavy atom. The average Bonchev–Trinajstić information content (AvgIpc) is 2.89. The summed E-state index contributed by atoms with van der Waals surface area (Å²) >= 11 is 1.87. The molecule has 0 saturated carbocycles. The number of nitrogens with zero attached hydrogens (tertiary/aromatic N) is 1. The number of halogens is 4. The zero-order valence-corrected chi connectivity index (χ0v) is 23.5. The van der Waals surface area contributed by atoms with Crippen LogP contribution in [0, 0.1) is 3.57 Å². The van der Waals surface area contributed by atoms with Gasteiger partial charge in [0.05, 0.1) is 23.3 Å². The number of unbranched alkanes of at least 4 members (excludes halogenated alkanes) is 2. The number of hydrogen-bond donors (Lipinski definition) is 3. The lowest BCUT2D eigenvalue weighted by Gasteiger charge is -2.41. The van der Waals surface area contributed by atoms with Crippen LogP contribution in [0.15, 0.2) is 36.4 Å². The van der Waals surface area contributed by atoms with E-state index in [1.54, 1.807) is 6.08 Å². The highest BCUT2D eigenvalue weighted by Crippen LogP contribution is 2.37. The molecule has 2 rings (SSSR count). The molecule has 0 heterocycles. The molecule has 3 atom stereocenters. The summed E-state index contributed by atoms with van der Waals surface area (Å²) in [6, 6.07) is 1.43. The fourth-order valence-corrected chi connectivity index (χ4v) is 4.88. The molecule has 0 saturated heterocycles. The minimum atomic E-state index is -4.77. The molecule has 1 aromatic carbocycles. The van der Waals surface area contributed by atoms with E-state index in [1.165, 1.54) is 25.3 Å². The van der Waals surface area contributed by atoms with Gasteiger partial charge in [0.15, 0.2) is 11.5 Å². The zero-order chi connectivity index (χ0) is 29.2. The van der Waals surface area contributed by atoms with Gasteiger partial charge in [-0.1, -0.05) is 6.08 Å². The first kappa shape index (κ1) is 32.6. The molecule has 0 spiro atoms. The molecule has 1 aliphatic carbocycles. The number of aliphatic hydroxyl groups is 2. The molecule has 0 bridgehead atoms. The van der Waals surface area contributed by atoms with Gasteiger partial charge in [-0.2, -0.15) is 13.2 Å². The number of aldehydes is 1. The maximum Gasteiger partial charge on any atom is 0.406 e. The van der Waals surface area contributed by atoms with Gasteiger partial charge in [0.25, 0.3) is 0 Å². The molecule has 0 radical (unpaired) electrons. The molecule has 3 N–H and O–H groups in total. The van der Waals surface area contributed by atoms with Crippen molar-refractivity contribution >= 4 is 40.7 Å². The first-order chi connectivity index (χ1) is 18.4. The fourth-order valence-electron chi connectivity index (χ4n) is 4.13. The summed E-state index contributed by atoms with van der Waals surface area (Å²) in [5.41, 5.74) is 0.262. The first-order valence-electron chi connectivity index (χ1n) is 12.2. The van der Waals surface area contributed by atoms with Gasteiger partial charge in [0.1, 0.15) is 25.0 Å². The van der Waals surface area contributed by atoms with Crippen LogP contribution >= 0.6 is 22.6 Å². The van der Waals surface area contributed by atoms with Crippen LogP contribution in [0.1, 0.15) is 42.5 Å². The van der Waals surface area contributed by atoms with Crippen molar-refractivity contribution in [2.75, 3.05) is 26.8 Å². The van der Waals surface area contributed by atoms with E-state index in [9.17, 15) is 32.7 Å². The van der Waals surface area contributed by atoms with Crippen molar-refractivity contribution in [1.82, 2.24) is 10.2 Å². The minimum absolute atomic E-state index is 0.0196. The maximum absolute atomic E-state index is 13.6. The number of nitrogens with one attached hydrogen (secondary N) is 1. The molecule has 13 heteroatoms. The second-order valence-corrected chi connectivity index (χ2v) is 10.0. The van der Waals surface area contributed by atoms with Crippen molar-refractivity contribution in [1.29, 1.82) is 0 Å². The predicted octanol–water partition coefficient (Wildman–Crippen LogP) is 3.17. The second-order valence-electron chi connectivity index (χ2n) is 8.84. The van der Waals surface area contributed by atoms with Crippen LogP contribution in [0.2, 0.25) is 0 Å². The van der Waals surface area contributed by atoms with Crippen molar-refractivity contribution in [3.63, 3.8) is 0 Å². The van der Waals surface area contributed by atoms with Crippen LogP contribution in [0.3, 0.4) is 0 Å². The SMILES string of the molecule is C=CCCCCC(=O)N(CC(F)(F)F)[C@@H]1CC(C(=O)NCCO)=C[C@H](Oc2c(I)cc(C=O)cc2OC)[C@H]1O. The highest BCUT2D eigenvalue weighted by Gasteiger charge is 2.44. The Balaban J connectivity index is 2.49. The number of rotatable bonds is 14. The minimum Gasteiger partial charge on any atom is -0.493 e. The number of carbonyl (C=O) groups is 3. The second kappa shape index (κ2) is 15.2. The van der Waals surface area contributed by atoms with Crippen molar-refractivity contribution in [2.24, 2.45) is 0 Å². The predicted molar refractivity (Wildman–Crippen MR) is 145 cm³/mol. The highest BCUT2D eigenvalue weighted by molar-refractivity contribution is 14.1. The standard InChI is InChI=1S/C26H32F3IN2O7/c1-3-4-5-6-7-22(35)32(15-26(27,28)29)19-12-17(25(37)31-8-9-33)13-20(23(19)36)39-24-18(30)10-16(14-34)11-21(24)38-2/h3,10-11,13-14,19-20,23,33,36H,1,4-9,12,15H2,2H3,(H,31,37)/t19-,20+,23+/m1/s1. The third kappa shape index (κ3) is 9.49. The molecule has 0 aliphatic heterocycles. The normalized spacial score (nSPS) is 19.1. The topological polar surface area (TPSA) is 125 Å². The summed E-state index contributed by atoms with van der Waals surface area (Å²) in [7, 11) is 1.33. The Morgan fingerprint density at radius 1 is 1.31 bits per heavy atom. The van der Waals surface area contributed by atoms with E-state index in [0.29, 0.717) is 34.0 Å². The molecule has 216 valence electrons. The molecular weight excluding hydrogens is 636 g/mol. The number of benzene rings is 1. The summed E-state index contributed by atoms with van der Waals surface area (Å²) in [5.74, 6) is -1.28. The van der Waals surface area contributed by atoms with E-state index in [1.807, 2.05) is 22.6 Å². The summed E-state index contributed by atoms with van der Waals surface area (Å²) < 4.78 is 52.5. The Labute approximate surface area is 238 Å². The lowest BCUT2D eigenvalue weighted by Crippen LogP contribution is -2.57. The van der Waals surface area contributed by atoms with Crippen molar-refractivity contribution in [3.8, 4) is 11.5 Å². The van der Waals surface area contributed by atoms with Crippen molar-refractivity contribution in [2.45, 2.75) is 56.5 Å². The van der Waals surface area contributed by atoms with Crippen LogP contribution in [0.5, 0.6) is 11.5 Å². The smallest absolute Gasteiger partial charge is 0.406 e. The number of allylic oxidation sites excluding steroid dienone is 1. The largest absolute Gasteiger partial charge is 0.493 e. The van der Waals surface area contributed by atoms with E-state index in [2.05, 4.69) is 11.9 Å². The molecule has 9 nitrogen and oxygen atoms in total. The lowest BCUT2D eigenvalue weighted by atomic mass is 9.87. The molecule has 0 unspecified atom stereocenters. The van der Waals surface area contributed by atoms with Gasteiger partial charge < -0.3 is 29.9 Å². The van der Waals surface area contributed by atoms with Crippen LogP contribution < -0.4 is 14.8 Å². The monoisotopic (exact) mass is 668 g/mol.